The summed E-state index contributed by atoms with van der Waals surface area (Å²) in [6, 6.07) is 7.06. The highest BCUT2D eigenvalue weighted by molar-refractivity contribution is 6.30. The van der Waals surface area contributed by atoms with Crippen LogP contribution in [0.1, 0.15) is 31.2 Å². The van der Waals surface area contributed by atoms with Crippen molar-refractivity contribution in [3.63, 3.8) is 0 Å². The average molecular weight is 251 g/mol. The number of nitrogens with one attached hydrogen (secondary N) is 1. The van der Waals surface area contributed by atoms with Crippen LogP contribution in [0.2, 0.25) is 5.02 Å². The Morgan fingerprint density at radius 3 is 2.71 bits per heavy atom. The van der Waals surface area contributed by atoms with Gasteiger partial charge in [-0.2, -0.15) is 0 Å². The lowest BCUT2D eigenvalue weighted by Gasteiger charge is -2.22. The molecule has 1 aliphatic carbocycles. The molecule has 2 aliphatic rings. The summed E-state index contributed by atoms with van der Waals surface area (Å²) in [6.45, 7) is 3.33. The molecule has 0 aromatic heterocycles. The van der Waals surface area contributed by atoms with Gasteiger partial charge in [0.15, 0.2) is 0 Å². The van der Waals surface area contributed by atoms with Crippen molar-refractivity contribution in [3.05, 3.63) is 28.8 Å². The smallest absolute Gasteiger partial charge is 0.0426 e. The molecule has 1 aromatic rings. The van der Waals surface area contributed by atoms with Crippen LogP contribution in [0.5, 0.6) is 0 Å². The Kier molecular flexibility index (Phi) is 3.26. The SMILES string of the molecule is Clc1ccc(CNC2CC2)c(N2CCCC2)c1. The molecule has 92 valence electrons. The molecule has 3 heteroatoms. The van der Waals surface area contributed by atoms with Crippen LogP contribution in [-0.2, 0) is 6.54 Å². The molecular formula is C14H19ClN2. The Morgan fingerprint density at radius 2 is 2.00 bits per heavy atom. The maximum Gasteiger partial charge on any atom is 0.0426 e. The molecule has 0 bridgehead atoms. The van der Waals surface area contributed by atoms with Crippen molar-refractivity contribution in [2.75, 3.05) is 18.0 Å². The first-order chi connectivity index (χ1) is 8.33. The minimum absolute atomic E-state index is 0.761. The maximum absolute atomic E-state index is 6.12. The first kappa shape index (κ1) is 11.4. The molecule has 1 saturated heterocycles. The Labute approximate surface area is 108 Å². The van der Waals surface area contributed by atoms with E-state index in [0.29, 0.717) is 0 Å². The lowest BCUT2D eigenvalue weighted by molar-refractivity contribution is 0.686. The average Bonchev–Trinajstić information content (AvgIpc) is 3.00. The van der Waals surface area contributed by atoms with Gasteiger partial charge in [0, 0.05) is 36.4 Å². The first-order valence-electron chi connectivity index (χ1n) is 6.60. The Bertz CT molecular complexity index is 395. The van der Waals surface area contributed by atoms with E-state index in [1.807, 2.05) is 6.07 Å². The highest BCUT2D eigenvalue weighted by Crippen LogP contribution is 2.29. The fourth-order valence-electron chi connectivity index (χ4n) is 2.48. The van der Waals surface area contributed by atoms with Gasteiger partial charge in [-0.25, -0.2) is 0 Å². The van der Waals surface area contributed by atoms with Crippen LogP contribution >= 0.6 is 11.6 Å². The van der Waals surface area contributed by atoms with Crippen molar-refractivity contribution < 1.29 is 0 Å². The van der Waals surface area contributed by atoms with E-state index >= 15 is 0 Å². The molecule has 0 unspecified atom stereocenters. The van der Waals surface area contributed by atoms with Crippen molar-refractivity contribution >= 4 is 17.3 Å². The normalized spacial score (nSPS) is 19.9. The zero-order chi connectivity index (χ0) is 11.7. The van der Waals surface area contributed by atoms with Crippen LogP contribution in [0.4, 0.5) is 5.69 Å². The quantitative estimate of drug-likeness (QED) is 0.883. The molecule has 0 atom stereocenters. The summed E-state index contributed by atoms with van der Waals surface area (Å²) in [5, 5.41) is 4.44. The molecule has 1 N–H and O–H groups in total. The molecule has 1 saturated carbocycles. The summed E-state index contributed by atoms with van der Waals surface area (Å²) < 4.78 is 0. The maximum atomic E-state index is 6.12. The fourth-order valence-corrected chi connectivity index (χ4v) is 2.65. The zero-order valence-electron chi connectivity index (χ0n) is 10.1. The van der Waals surface area contributed by atoms with Gasteiger partial charge in [-0.1, -0.05) is 17.7 Å². The van der Waals surface area contributed by atoms with E-state index in [-0.39, 0.29) is 0 Å². The molecule has 0 radical (unpaired) electrons. The van der Waals surface area contributed by atoms with Gasteiger partial charge in [-0.05, 0) is 43.4 Å². The lowest BCUT2D eigenvalue weighted by Crippen LogP contribution is -2.22. The second kappa shape index (κ2) is 4.87. The number of benzene rings is 1. The molecule has 0 spiro atoms. The van der Waals surface area contributed by atoms with E-state index in [9.17, 15) is 0 Å². The van der Waals surface area contributed by atoms with Crippen molar-refractivity contribution in [1.29, 1.82) is 0 Å². The van der Waals surface area contributed by atoms with Gasteiger partial charge in [-0.3, -0.25) is 0 Å². The standard InChI is InChI=1S/C14H19ClN2/c15-12-4-3-11(10-16-13-5-6-13)14(9-12)17-7-1-2-8-17/h3-4,9,13,16H,1-2,5-8,10H2. The van der Waals surface area contributed by atoms with Gasteiger partial charge in [0.25, 0.3) is 0 Å². The molecule has 1 heterocycles. The Morgan fingerprint density at radius 1 is 1.24 bits per heavy atom. The van der Waals surface area contributed by atoms with E-state index in [1.165, 1.54) is 50.0 Å². The molecule has 0 amide bonds. The predicted molar refractivity (Wildman–Crippen MR) is 72.8 cm³/mol. The molecule has 1 aromatic carbocycles. The van der Waals surface area contributed by atoms with E-state index in [2.05, 4.69) is 22.3 Å². The van der Waals surface area contributed by atoms with Crippen molar-refractivity contribution in [2.24, 2.45) is 0 Å². The van der Waals surface area contributed by atoms with Crippen LogP contribution in [0.15, 0.2) is 18.2 Å². The third kappa shape index (κ3) is 2.75. The number of nitrogens with zero attached hydrogens (tertiary/aromatic N) is 1. The topological polar surface area (TPSA) is 15.3 Å². The minimum Gasteiger partial charge on any atom is -0.371 e. The summed E-state index contributed by atoms with van der Waals surface area (Å²) in [6.07, 6.45) is 5.29. The Balaban J connectivity index is 1.78. The van der Waals surface area contributed by atoms with Crippen molar-refractivity contribution in [3.8, 4) is 0 Å². The molecular weight excluding hydrogens is 232 g/mol. The summed E-state index contributed by atoms with van der Waals surface area (Å²) >= 11 is 6.12. The van der Waals surface area contributed by atoms with Crippen LogP contribution in [0, 0.1) is 0 Å². The third-order valence-electron chi connectivity index (χ3n) is 3.65. The van der Waals surface area contributed by atoms with Crippen molar-refractivity contribution in [1.82, 2.24) is 5.32 Å². The summed E-state index contributed by atoms with van der Waals surface area (Å²) in [5.41, 5.74) is 2.73. The molecule has 2 nitrogen and oxygen atoms in total. The van der Waals surface area contributed by atoms with Gasteiger partial charge in [-0.15, -0.1) is 0 Å². The van der Waals surface area contributed by atoms with Crippen LogP contribution in [0.25, 0.3) is 0 Å². The van der Waals surface area contributed by atoms with E-state index in [4.69, 9.17) is 11.6 Å². The van der Waals surface area contributed by atoms with E-state index in [1.54, 1.807) is 0 Å². The van der Waals surface area contributed by atoms with Crippen LogP contribution in [0.3, 0.4) is 0 Å². The van der Waals surface area contributed by atoms with Crippen LogP contribution < -0.4 is 10.2 Å². The predicted octanol–water partition coefficient (Wildman–Crippen LogP) is 3.19. The number of halogens is 1. The van der Waals surface area contributed by atoms with Crippen LogP contribution in [-0.4, -0.2) is 19.1 Å². The number of anilines is 1. The van der Waals surface area contributed by atoms with E-state index in [0.717, 1.165) is 17.6 Å². The second-order valence-electron chi connectivity index (χ2n) is 5.12. The number of hydrogen-bond donors (Lipinski definition) is 1. The van der Waals surface area contributed by atoms with Gasteiger partial charge in [0.1, 0.15) is 0 Å². The summed E-state index contributed by atoms with van der Waals surface area (Å²) in [4.78, 5) is 2.47. The van der Waals surface area contributed by atoms with Gasteiger partial charge >= 0.3 is 0 Å². The molecule has 17 heavy (non-hydrogen) atoms. The second-order valence-corrected chi connectivity index (χ2v) is 5.56. The monoisotopic (exact) mass is 250 g/mol. The zero-order valence-corrected chi connectivity index (χ0v) is 10.8. The minimum atomic E-state index is 0.761. The fraction of sp³-hybridized carbons (Fsp3) is 0.571. The van der Waals surface area contributed by atoms with Gasteiger partial charge in [0.2, 0.25) is 0 Å². The molecule has 1 aliphatic heterocycles. The van der Waals surface area contributed by atoms with Gasteiger partial charge < -0.3 is 10.2 Å². The van der Waals surface area contributed by atoms with E-state index < -0.39 is 0 Å². The first-order valence-corrected chi connectivity index (χ1v) is 6.97. The highest BCUT2D eigenvalue weighted by Gasteiger charge is 2.21. The number of rotatable bonds is 4. The Hall–Kier alpha value is -0.730. The van der Waals surface area contributed by atoms with Crippen molar-refractivity contribution in [2.45, 2.75) is 38.3 Å². The molecule has 3 rings (SSSR count). The molecule has 2 fully saturated rings. The van der Waals surface area contributed by atoms with Gasteiger partial charge in [0.05, 0.1) is 0 Å². The lowest BCUT2D eigenvalue weighted by atomic mass is 10.1. The largest absolute Gasteiger partial charge is 0.371 e. The summed E-state index contributed by atoms with van der Waals surface area (Å²) in [7, 11) is 0. The third-order valence-corrected chi connectivity index (χ3v) is 3.89. The highest BCUT2D eigenvalue weighted by atomic mass is 35.5. The summed E-state index contributed by atoms with van der Waals surface area (Å²) in [5.74, 6) is 0. The number of hydrogen-bond acceptors (Lipinski definition) is 2.